The van der Waals surface area contributed by atoms with Crippen LogP contribution in [0.5, 0.6) is 5.75 Å². The molecule has 1 amide bonds. The van der Waals surface area contributed by atoms with E-state index in [1.54, 1.807) is 7.05 Å². The molecular formula is C51H77NO12. The Morgan fingerprint density at radius 2 is 0.859 bits per heavy atom. The Kier molecular flexibility index (Phi) is 29.5. The summed E-state index contributed by atoms with van der Waals surface area (Å²) in [6.45, 7) is 12.2. The normalized spacial score (nSPS) is 12.1. The zero-order valence-corrected chi connectivity index (χ0v) is 38.9. The van der Waals surface area contributed by atoms with E-state index in [1.807, 2.05) is 24.3 Å². The second kappa shape index (κ2) is 35.6. The standard InChI is InChI=1S/C51H77NO12/c1-3-4-5-6-7-8-9-14-44-19-21-45(22-20-44)63-42-41-62-40-39-61-38-37-60-36-35-59-34-33-58-32-31-57-30-29-56-28-27-55-26-25-54-24-23-52(2)51(53)64-43-50-48-17-12-10-15-46(48)47-16-11-13-18-49(47)50/h10-13,15-22,50H,3-9,14,23-43H2,1-2H3. The van der Waals surface area contributed by atoms with Crippen molar-refractivity contribution in [2.45, 2.75) is 64.2 Å². The second-order valence-electron chi connectivity index (χ2n) is 15.6. The van der Waals surface area contributed by atoms with Crippen molar-refractivity contribution in [3.8, 4) is 16.9 Å². The van der Waals surface area contributed by atoms with Crippen LogP contribution >= 0.6 is 0 Å². The number of hydrogen-bond acceptors (Lipinski definition) is 12. The fourth-order valence-electron chi connectivity index (χ4n) is 7.12. The molecule has 0 radical (unpaired) electrons. The molecule has 0 aliphatic heterocycles. The number of amides is 1. The minimum atomic E-state index is -0.363. The maximum Gasteiger partial charge on any atom is 0.409 e. The van der Waals surface area contributed by atoms with Crippen molar-refractivity contribution in [2.24, 2.45) is 0 Å². The first kappa shape index (κ1) is 53.0. The predicted octanol–water partition coefficient (Wildman–Crippen LogP) is 8.39. The molecule has 13 heteroatoms. The van der Waals surface area contributed by atoms with Crippen LogP contribution in [-0.4, -0.2) is 157 Å². The molecule has 3 aromatic carbocycles. The zero-order chi connectivity index (χ0) is 45.0. The molecule has 3 aromatic rings. The molecule has 358 valence electrons. The molecule has 1 aliphatic rings. The molecular weight excluding hydrogens is 819 g/mol. The Morgan fingerprint density at radius 3 is 1.31 bits per heavy atom. The van der Waals surface area contributed by atoms with Gasteiger partial charge in [0.15, 0.2) is 0 Å². The van der Waals surface area contributed by atoms with E-state index in [0.29, 0.717) is 139 Å². The summed E-state index contributed by atoms with van der Waals surface area (Å²) in [5.74, 6) is 0.920. The first-order valence-corrected chi connectivity index (χ1v) is 23.6. The van der Waals surface area contributed by atoms with Crippen LogP contribution in [0.1, 0.15) is 74.5 Å². The van der Waals surface area contributed by atoms with Gasteiger partial charge in [0.1, 0.15) is 19.0 Å². The highest BCUT2D eigenvalue weighted by Gasteiger charge is 2.29. The summed E-state index contributed by atoms with van der Waals surface area (Å²) in [7, 11) is 1.72. The van der Waals surface area contributed by atoms with E-state index in [2.05, 4.69) is 55.5 Å². The van der Waals surface area contributed by atoms with Crippen LogP contribution < -0.4 is 4.74 Å². The van der Waals surface area contributed by atoms with Gasteiger partial charge in [-0.1, -0.05) is 106 Å². The first-order valence-electron chi connectivity index (χ1n) is 23.6. The summed E-state index contributed by atoms with van der Waals surface area (Å²) in [5.41, 5.74) is 6.18. The molecule has 0 unspecified atom stereocenters. The van der Waals surface area contributed by atoms with E-state index in [9.17, 15) is 4.79 Å². The van der Waals surface area contributed by atoms with Gasteiger partial charge in [0.05, 0.1) is 119 Å². The Morgan fingerprint density at radius 1 is 0.469 bits per heavy atom. The van der Waals surface area contributed by atoms with Crippen LogP contribution in [0, 0.1) is 0 Å². The topological polar surface area (TPSA) is 122 Å². The number of carbonyl (C=O) groups is 1. The Balaban J connectivity index is 0.793. The highest BCUT2D eigenvalue weighted by Crippen LogP contribution is 2.44. The summed E-state index contributed by atoms with van der Waals surface area (Å²) in [4.78, 5) is 14.2. The van der Waals surface area contributed by atoms with Crippen molar-refractivity contribution in [1.82, 2.24) is 4.90 Å². The van der Waals surface area contributed by atoms with Crippen molar-refractivity contribution in [2.75, 3.05) is 146 Å². The number of carbonyl (C=O) groups excluding carboxylic acids is 1. The van der Waals surface area contributed by atoms with Gasteiger partial charge in [-0.3, -0.25) is 0 Å². The number of ether oxygens (including phenoxy) is 11. The van der Waals surface area contributed by atoms with E-state index < -0.39 is 0 Å². The second-order valence-corrected chi connectivity index (χ2v) is 15.6. The smallest absolute Gasteiger partial charge is 0.409 e. The zero-order valence-electron chi connectivity index (χ0n) is 38.9. The SMILES string of the molecule is CCCCCCCCCc1ccc(OCCOCCOCCOCCOCCOCCOCCOCCOCCOCCN(C)C(=O)OCC2c3ccccc3-c3ccccc32)cc1. The predicted molar refractivity (Wildman–Crippen MR) is 249 cm³/mol. The summed E-state index contributed by atoms with van der Waals surface area (Å²) in [5, 5.41) is 0. The fraction of sp³-hybridized carbons (Fsp3) is 0.627. The molecule has 0 saturated heterocycles. The van der Waals surface area contributed by atoms with Gasteiger partial charge in [0.2, 0.25) is 0 Å². The van der Waals surface area contributed by atoms with Crippen molar-refractivity contribution in [1.29, 1.82) is 0 Å². The van der Waals surface area contributed by atoms with Crippen LogP contribution in [-0.2, 0) is 53.8 Å². The third kappa shape index (κ3) is 23.0. The highest BCUT2D eigenvalue weighted by molar-refractivity contribution is 5.79. The van der Waals surface area contributed by atoms with Gasteiger partial charge in [0.25, 0.3) is 0 Å². The number of unbranched alkanes of at least 4 members (excludes halogenated alkanes) is 6. The molecule has 0 aromatic heterocycles. The van der Waals surface area contributed by atoms with E-state index >= 15 is 0 Å². The van der Waals surface area contributed by atoms with Crippen LogP contribution in [0.4, 0.5) is 4.79 Å². The number of nitrogens with zero attached hydrogens (tertiary/aromatic N) is 1. The number of rotatable bonds is 41. The number of benzene rings is 3. The number of likely N-dealkylation sites (N-methyl/N-ethyl adjacent to an activating group) is 1. The Bertz CT molecular complexity index is 1550. The largest absolute Gasteiger partial charge is 0.491 e. The number of hydrogen-bond donors (Lipinski definition) is 0. The van der Waals surface area contributed by atoms with Crippen LogP contribution in [0.2, 0.25) is 0 Å². The lowest BCUT2D eigenvalue weighted by Crippen LogP contribution is -2.32. The van der Waals surface area contributed by atoms with Gasteiger partial charge in [-0.15, -0.1) is 0 Å². The fourth-order valence-corrected chi connectivity index (χ4v) is 7.12. The number of fused-ring (bicyclic) bond motifs is 3. The van der Waals surface area contributed by atoms with Crippen LogP contribution in [0.15, 0.2) is 72.8 Å². The van der Waals surface area contributed by atoms with Gasteiger partial charge < -0.3 is 57.0 Å². The Labute approximate surface area is 383 Å². The molecule has 13 nitrogen and oxygen atoms in total. The molecule has 0 saturated carbocycles. The van der Waals surface area contributed by atoms with E-state index in [4.69, 9.17) is 52.1 Å². The minimum Gasteiger partial charge on any atom is -0.491 e. The lowest BCUT2D eigenvalue weighted by Gasteiger charge is -2.19. The van der Waals surface area contributed by atoms with Gasteiger partial charge in [0, 0.05) is 19.5 Å². The van der Waals surface area contributed by atoms with Crippen LogP contribution in [0.25, 0.3) is 11.1 Å². The average Bonchev–Trinajstić information content (AvgIpc) is 3.64. The van der Waals surface area contributed by atoms with Crippen molar-refractivity contribution in [3.63, 3.8) is 0 Å². The van der Waals surface area contributed by atoms with Crippen molar-refractivity contribution in [3.05, 3.63) is 89.5 Å². The van der Waals surface area contributed by atoms with Gasteiger partial charge in [-0.25, -0.2) is 4.79 Å². The molecule has 0 N–H and O–H groups in total. The first-order chi connectivity index (χ1) is 31.7. The monoisotopic (exact) mass is 896 g/mol. The molecule has 0 bridgehead atoms. The van der Waals surface area contributed by atoms with Crippen molar-refractivity contribution < 1.29 is 56.9 Å². The molecule has 0 atom stereocenters. The molecule has 4 rings (SSSR count). The number of aryl methyl sites for hydroxylation is 1. The molecule has 64 heavy (non-hydrogen) atoms. The average molecular weight is 896 g/mol. The van der Waals surface area contributed by atoms with Gasteiger partial charge >= 0.3 is 6.09 Å². The summed E-state index contributed by atoms with van der Waals surface area (Å²) < 4.78 is 61.6. The van der Waals surface area contributed by atoms with E-state index in [-0.39, 0.29) is 12.0 Å². The summed E-state index contributed by atoms with van der Waals surface area (Å²) in [6, 6.07) is 25.1. The lowest BCUT2D eigenvalue weighted by molar-refractivity contribution is -0.0255. The molecule has 0 spiro atoms. The van der Waals surface area contributed by atoms with E-state index in [1.165, 1.54) is 77.7 Å². The summed E-state index contributed by atoms with van der Waals surface area (Å²) >= 11 is 0. The molecule has 1 aliphatic carbocycles. The third-order valence-electron chi connectivity index (χ3n) is 10.7. The highest BCUT2D eigenvalue weighted by atomic mass is 16.6. The Hall–Kier alpha value is -3.63. The lowest BCUT2D eigenvalue weighted by atomic mass is 9.98. The van der Waals surface area contributed by atoms with Crippen molar-refractivity contribution >= 4 is 6.09 Å². The van der Waals surface area contributed by atoms with Gasteiger partial charge in [-0.05, 0) is 52.8 Å². The quantitative estimate of drug-likeness (QED) is 0.0509. The van der Waals surface area contributed by atoms with E-state index in [0.717, 1.165) is 12.2 Å². The minimum absolute atomic E-state index is 0.0378. The third-order valence-corrected chi connectivity index (χ3v) is 10.7. The van der Waals surface area contributed by atoms with Crippen LogP contribution in [0.3, 0.4) is 0 Å². The summed E-state index contributed by atoms with van der Waals surface area (Å²) in [6.07, 6.45) is 10.1. The molecule has 0 heterocycles. The maximum absolute atomic E-state index is 12.6. The maximum atomic E-state index is 12.6. The van der Waals surface area contributed by atoms with Gasteiger partial charge in [-0.2, -0.15) is 0 Å². The molecule has 0 fully saturated rings.